The Balaban J connectivity index is 1.51. The van der Waals surface area contributed by atoms with Crippen molar-refractivity contribution in [2.24, 2.45) is 0 Å². The molecule has 11 heteroatoms. The molecule has 32 heavy (non-hydrogen) atoms. The fourth-order valence-corrected chi connectivity index (χ4v) is 2.81. The zero-order chi connectivity index (χ0) is 22.5. The van der Waals surface area contributed by atoms with E-state index in [9.17, 15) is 4.79 Å². The van der Waals surface area contributed by atoms with Gasteiger partial charge in [-0.15, -0.1) is 10.2 Å². The van der Waals surface area contributed by atoms with Crippen molar-refractivity contribution in [1.29, 1.82) is 0 Å². The second kappa shape index (κ2) is 9.16. The zero-order valence-electron chi connectivity index (χ0n) is 17.6. The van der Waals surface area contributed by atoms with Crippen molar-refractivity contribution in [2.45, 2.75) is 19.9 Å². The van der Waals surface area contributed by atoms with Gasteiger partial charge in [0.25, 0.3) is 5.91 Å². The third-order valence-corrected chi connectivity index (χ3v) is 4.33. The van der Waals surface area contributed by atoms with Crippen LogP contribution < -0.4 is 14.8 Å². The van der Waals surface area contributed by atoms with Crippen LogP contribution in [0.1, 0.15) is 30.4 Å². The zero-order valence-corrected chi connectivity index (χ0v) is 17.6. The van der Waals surface area contributed by atoms with E-state index in [1.54, 1.807) is 36.7 Å². The molecule has 1 amide bonds. The van der Waals surface area contributed by atoms with Gasteiger partial charge in [0.05, 0.1) is 7.11 Å². The predicted octanol–water partition coefficient (Wildman–Crippen LogP) is 3.16. The summed E-state index contributed by atoms with van der Waals surface area (Å²) in [5.74, 6) is 1.20. The minimum Gasteiger partial charge on any atom is -0.467 e. The van der Waals surface area contributed by atoms with Crippen LogP contribution in [-0.4, -0.2) is 47.7 Å². The number of hydrogen-bond donors (Lipinski definition) is 1. The number of aromatic nitrogens is 7. The van der Waals surface area contributed by atoms with Crippen LogP contribution in [0.25, 0.3) is 11.5 Å². The molecule has 0 radical (unpaired) electrons. The van der Waals surface area contributed by atoms with E-state index in [0.29, 0.717) is 23.1 Å². The summed E-state index contributed by atoms with van der Waals surface area (Å²) in [6.45, 7) is 4.05. The maximum Gasteiger partial charge on any atom is 0.319 e. The second-order valence-electron chi connectivity index (χ2n) is 6.88. The van der Waals surface area contributed by atoms with Crippen molar-refractivity contribution in [2.75, 3.05) is 12.4 Å². The molecular weight excluding hydrogens is 412 g/mol. The molecule has 0 saturated carbocycles. The van der Waals surface area contributed by atoms with Crippen molar-refractivity contribution in [3.05, 3.63) is 60.8 Å². The first-order valence-corrected chi connectivity index (χ1v) is 9.72. The Morgan fingerprint density at radius 2 is 1.94 bits per heavy atom. The molecule has 1 N–H and O–H groups in total. The molecule has 0 atom stereocenters. The maximum atomic E-state index is 12.7. The Morgan fingerprint density at radius 1 is 1.09 bits per heavy atom. The number of pyridine rings is 2. The molecule has 4 heterocycles. The maximum absolute atomic E-state index is 12.7. The lowest BCUT2D eigenvalue weighted by atomic mass is 10.3. The van der Waals surface area contributed by atoms with E-state index in [1.807, 2.05) is 18.4 Å². The molecule has 0 aliphatic carbocycles. The summed E-state index contributed by atoms with van der Waals surface area (Å²) in [6, 6.07) is 10.3. The number of amides is 1. The molecule has 4 aromatic rings. The quantitative estimate of drug-likeness (QED) is 0.468. The third kappa shape index (κ3) is 4.67. The second-order valence-corrected chi connectivity index (χ2v) is 6.88. The van der Waals surface area contributed by atoms with Crippen LogP contribution in [0.15, 0.2) is 55.1 Å². The largest absolute Gasteiger partial charge is 0.467 e. The fourth-order valence-electron chi connectivity index (χ4n) is 2.81. The first-order valence-electron chi connectivity index (χ1n) is 9.72. The summed E-state index contributed by atoms with van der Waals surface area (Å²) in [5, 5.41) is 10.8. The fraction of sp³-hybridized carbons (Fsp3) is 0.190. The van der Waals surface area contributed by atoms with Gasteiger partial charge in [0, 0.05) is 30.6 Å². The number of methoxy groups -OCH3 is 1. The highest BCUT2D eigenvalue weighted by molar-refractivity contribution is 6.02. The molecule has 4 aromatic heterocycles. The topological polar surface area (TPSA) is 130 Å². The van der Waals surface area contributed by atoms with Crippen molar-refractivity contribution in [3.8, 4) is 29.2 Å². The predicted molar refractivity (Wildman–Crippen MR) is 114 cm³/mol. The average molecular weight is 432 g/mol. The Morgan fingerprint density at radius 3 is 2.75 bits per heavy atom. The lowest BCUT2D eigenvalue weighted by molar-refractivity contribution is 0.102. The SMILES string of the molecule is COc1nccc(Oc2ccnc(C(=O)Nc3cccc(-c4nncn4C(C)C)n3)c2)n1. The first kappa shape index (κ1) is 20.8. The molecule has 0 bridgehead atoms. The van der Waals surface area contributed by atoms with Gasteiger partial charge in [0.15, 0.2) is 5.82 Å². The summed E-state index contributed by atoms with van der Waals surface area (Å²) >= 11 is 0. The van der Waals surface area contributed by atoms with E-state index in [-0.39, 0.29) is 23.6 Å². The Hall–Kier alpha value is -4.41. The Kier molecular flexibility index (Phi) is 5.97. The van der Waals surface area contributed by atoms with Crippen LogP contribution in [0, 0.1) is 0 Å². The van der Waals surface area contributed by atoms with Crippen LogP contribution in [0.2, 0.25) is 0 Å². The molecule has 11 nitrogen and oxygen atoms in total. The Labute approximate surface area is 183 Å². The molecule has 0 unspecified atom stereocenters. The highest BCUT2D eigenvalue weighted by Crippen LogP contribution is 2.22. The number of rotatable bonds is 7. The molecule has 0 aliphatic heterocycles. The lowest BCUT2D eigenvalue weighted by Gasteiger charge is -2.11. The Bertz CT molecular complexity index is 1240. The number of hydrogen-bond acceptors (Lipinski definition) is 9. The molecule has 0 aliphatic rings. The van der Waals surface area contributed by atoms with Gasteiger partial charge in [-0.05, 0) is 32.0 Å². The van der Waals surface area contributed by atoms with E-state index in [4.69, 9.17) is 9.47 Å². The minimum atomic E-state index is -0.439. The standard InChI is InChI=1S/C21H20N8O3/c1-13(2)29-12-24-28-19(29)15-5-4-6-17(25-15)26-20(30)16-11-14(7-9-22-16)32-18-8-10-23-21(27-18)31-3/h4-13H,1-3H3,(H,25,26,30). The van der Waals surface area contributed by atoms with Gasteiger partial charge in [0.2, 0.25) is 5.88 Å². The normalized spacial score (nSPS) is 10.8. The van der Waals surface area contributed by atoms with Gasteiger partial charge in [-0.1, -0.05) is 6.07 Å². The summed E-state index contributed by atoms with van der Waals surface area (Å²) < 4.78 is 12.6. The van der Waals surface area contributed by atoms with E-state index in [0.717, 1.165) is 0 Å². The summed E-state index contributed by atoms with van der Waals surface area (Å²) in [4.78, 5) is 29.4. The van der Waals surface area contributed by atoms with Gasteiger partial charge < -0.3 is 19.4 Å². The molecule has 162 valence electrons. The van der Waals surface area contributed by atoms with Crippen molar-refractivity contribution in [1.82, 2.24) is 34.7 Å². The van der Waals surface area contributed by atoms with E-state index >= 15 is 0 Å². The van der Waals surface area contributed by atoms with Crippen molar-refractivity contribution < 1.29 is 14.3 Å². The van der Waals surface area contributed by atoms with E-state index in [2.05, 4.69) is 35.5 Å². The average Bonchev–Trinajstić information content (AvgIpc) is 3.30. The molecule has 0 fully saturated rings. The van der Waals surface area contributed by atoms with Crippen molar-refractivity contribution >= 4 is 11.7 Å². The highest BCUT2D eigenvalue weighted by atomic mass is 16.5. The molecule has 0 saturated heterocycles. The molecular formula is C21H20N8O3. The summed E-state index contributed by atoms with van der Waals surface area (Å²) in [6.07, 6.45) is 4.63. The van der Waals surface area contributed by atoms with Crippen LogP contribution in [0.4, 0.5) is 5.82 Å². The molecule has 0 aromatic carbocycles. The minimum absolute atomic E-state index is 0.154. The number of nitrogens with zero attached hydrogens (tertiary/aromatic N) is 7. The number of carbonyl (C=O) groups is 1. The monoisotopic (exact) mass is 432 g/mol. The molecule has 4 rings (SSSR count). The lowest BCUT2D eigenvalue weighted by Crippen LogP contribution is -2.15. The van der Waals surface area contributed by atoms with Crippen LogP contribution in [0.3, 0.4) is 0 Å². The van der Waals surface area contributed by atoms with Gasteiger partial charge >= 0.3 is 6.01 Å². The van der Waals surface area contributed by atoms with Crippen molar-refractivity contribution in [3.63, 3.8) is 0 Å². The van der Waals surface area contributed by atoms with Gasteiger partial charge in [-0.3, -0.25) is 9.78 Å². The van der Waals surface area contributed by atoms with Crippen LogP contribution in [0.5, 0.6) is 17.6 Å². The van der Waals surface area contributed by atoms with Gasteiger partial charge in [0.1, 0.15) is 29.3 Å². The van der Waals surface area contributed by atoms with Crippen LogP contribution >= 0.6 is 0 Å². The number of anilines is 1. The third-order valence-electron chi connectivity index (χ3n) is 4.33. The van der Waals surface area contributed by atoms with Crippen LogP contribution in [-0.2, 0) is 0 Å². The van der Waals surface area contributed by atoms with Gasteiger partial charge in [-0.2, -0.15) is 4.98 Å². The number of ether oxygens (including phenoxy) is 2. The highest BCUT2D eigenvalue weighted by Gasteiger charge is 2.14. The summed E-state index contributed by atoms with van der Waals surface area (Å²) in [5.41, 5.74) is 0.748. The number of carbonyl (C=O) groups excluding carboxylic acids is 1. The van der Waals surface area contributed by atoms with E-state index in [1.165, 1.54) is 25.6 Å². The first-order chi connectivity index (χ1) is 15.5. The summed E-state index contributed by atoms with van der Waals surface area (Å²) in [7, 11) is 1.46. The number of nitrogens with one attached hydrogen (secondary N) is 1. The smallest absolute Gasteiger partial charge is 0.319 e. The molecule has 0 spiro atoms. The van der Waals surface area contributed by atoms with E-state index < -0.39 is 5.91 Å². The van der Waals surface area contributed by atoms with Gasteiger partial charge in [-0.25, -0.2) is 9.97 Å².